The Bertz CT molecular complexity index is 607. The van der Waals surface area contributed by atoms with Crippen molar-refractivity contribution in [1.82, 2.24) is 0 Å². The fraction of sp³-hybridized carbons (Fsp3) is 0.188. The van der Waals surface area contributed by atoms with Gasteiger partial charge in [-0.25, -0.2) is 0 Å². The Morgan fingerprint density at radius 1 is 1.16 bits per heavy atom. The van der Waals surface area contributed by atoms with Crippen LogP contribution in [0, 0.1) is 0 Å². The second kappa shape index (κ2) is 4.86. The summed E-state index contributed by atoms with van der Waals surface area (Å²) >= 11 is 0. The summed E-state index contributed by atoms with van der Waals surface area (Å²) in [7, 11) is 0. The maximum Gasteiger partial charge on any atom is 0.184 e. The Hall–Kier alpha value is -2.13. The number of ketones is 1. The molecule has 2 aromatic rings. The van der Waals surface area contributed by atoms with Crippen molar-refractivity contribution in [3.63, 3.8) is 0 Å². The highest BCUT2D eigenvalue weighted by Crippen LogP contribution is 2.27. The van der Waals surface area contributed by atoms with Gasteiger partial charge in [-0.15, -0.1) is 0 Å². The van der Waals surface area contributed by atoms with Gasteiger partial charge in [0.25, 0.3) is 0 Å². The highest BCUT2D eigenvalue weighted by atomic mass is 16.5. The van der Waals surface area contributed by atoms with E-state index in [-0.39, 0.29) is 5.78 Å². The first-order valence-electron chi connectivity index (χ1n) is 6.36. The first kappa shape index (κ1) is 11.9. The molecular weight excluding hydrogens is 238 g/mol. The molecule has 0 amide bonds. The van der Waals surface area contributed by atoms with E-state index in [1.807, 2.05) is 42.5 Å². The van der Waals surface area contributed by atoms with Crippen LogP contribution >= 0.6 is 0 Å². The Morgan fingerprint density at radius 3 is 2.74 bits per heavy atom. The average Bonchev–Trinajstić information content (AvgIpc) is 2.94. The number of carbonyl (C=O) groups excluding carboxylic acids is 1. The molecule has 1 atom stereocenters. The summed E-state index contributed by atoms with van der Waals surface area (Å²) in [5.74, 6) is 0.825. The van der Waals surface area contributed by atoms with E-state index in [9.17, 15) is 4.79 Å². The van der Waals surface area contributed by atoms with Crippen molar-refractivity contribution in [2.75, 3.05) is 6.61 Å². The number of Topliss-reactive ketones (excluding diaryl/α,β-unsaturated/α-hetero) is 1. The maximum absolute atomic E-state index is 12.4. The van der Waals surface area contributed by atoms with Crippen molar-refractivity contribution in [2.24, 2.45) is 5.73 Å². The monoisotopic (exact) mass is 253 g/mol. The van der Waals surface area contributed by atoms with Crippen molar-refractivity contribution in [3.8, 4) is 5.75 Å². The molecule has 2 aromatic carbocycles. The first-order valence-corrected chi connectivity index (χ1v) is 6.36. The second-order valence-electron chi connectivity index (χ2n) is 4.67. The van der Waals surface area contributed by atoms with Crippen molar-refractivity contribution >= 4 is 5.78 Å². The third-order valence-electron chi connectivity index (χ3n) is 3.42. The van der Waals surface area contributed by atoms with Crippen LogP contribution in [-0.4, -0.2) is 12.4 Å². The summed E-state index contributed by atoms with van der Waals surface area (Å²) in [5, 5.41) is 0. The van der Waals surface area contributed by atoms with E-state index in [1.165, 1.54) is 0 Å². The molecule has 1 aliphatic rings. The molecule has 0 saturated heterocycles. The van der Waals surface area contributed by atoms with Crippen LogP contribution in [0.1, 0.15) is 27.5 Å². The largest absolute Gasteiger partial charge is 0.493 e. The summed E-state index contributed by atoms with van der Waals surface area (Å²) in [5.41, 5.74) is 8.61. The highest BCUT2D eigenvalue weighted by Gasteiger charge is 2.20. The normalized spacial score (nSPS) is 14.6. The van der Waals surface area contributed by atoms with E-state index in [2.05, 4.69) is 0 Å². The molecule has 1 heterocycles. The van der Waals surface area contributed by atoms with Crippen molar-refractivity contribution in [1.29, 1.82) is 0 Å². The Morgan fingerprint density at radius 2 is 1.95 bits per heavy atom. The van der Waals surface area contributed by atoms with Crippen LogP contribution in [0.25, 0.3) is 0 Å². The number of hydrogen-bond acceptors (Lipinski definition) is 3. The minimum atomic E-state index is -0.610. The van der Waals surface area contributed by atoms with Crippen LogP contribution in [0.3, 0.4) is 0 Å². The molecule has 0 radical (unpaired) electrons. The van der Waals surface area contributed by atoms with Gasteiger partial charge in [-0.05, 0) is 29.3 Å². The van der Waals surface area contributed by atoms with Gasteiger partial charge in [0, 0.05) is 12.0 Å². The Balaban J connectivity index is 1.88. The summed E-state index contributed by atoms with van der Waals surface area (Å²) in [6.45, 7) is 0.692. The lowest BCUT2D eigenvalue weighted by Crippen LogP contribution is -2.21. The van der Waals surface area contributed by atoms with E-state index < -0.39 is 6.04 Å². The lowest BCUT2D eigenvalue weighted by molar-refractivity contribution is 0.0961. The van der Waals surface area contributed by atoms with Gasteiger partial charge in [0.2, 0.25) is 0 Å². The van der Waals surface area contributed by atoms with Gasteiger partial charge in [-0.3, -0.25) is 4.79 Å². The fourth-order valence-corrected chi connectivity index (χ4v) is 2.33. The number of hydrogen-bond donors (Lipinski definition) is 1. The maximum atomic E-state index is 12.4. The summed E-state index contributed by atoms with van der Waals surface area (Å²) in [6, 6.07) is 14.4. The van der Waals surface area contributed by atoms with Crippen LogP contribution in [0.2, 0.25) is 0 Å². The van der Waals surface area contributed by atoms with Gasteiger partial charge >= 0.3 is 0 Å². The lowest BCUT2D eigenvalue weighted by Gasteiger charge is -2.11. The molecule has 3 nitrogen and oxygen atoms in total. The van der Waals surface area contributed by atoms with Gasteiger partial charge < -0.3 is 10.5 Å². The molecule has 2 N–H and O–H groups in total. The zero-order valence-corrected chi connectivity index (χ0v) is 10.5. The number of fused-ring (bicyclic) bond motifs is 1. The summed E-state index contributed by atoms with van der Waals surface area (Å²) < 4.78 is 5.44. The molecule has 0 fully saturated rings. The zero-order valence-electron chi connectivity index (χ0n) is 10.5. The predicted molar refractivity (Wildman–Crippen MR) is 73.3 cm³/mol. The molecule has 0 aliphatic carbocycles. The molecule has 0 spiro atoms. The molecule has 0 bridgehead atoms. The lowest BCUT2D eigenvalue weighted by atomic mass is 9.96. The molecular formula is C16H15NO2. The zero-order chi connectivity index (χ0) is 13.2. The molecule has 96 valence electrons. The van der Waals surface area contributed by atoms with E-state index in [0.29, 0.717) is 12.2 Å². The van der Waals surface area contributed by atoms with Crippen LogP contribution in [0.4, 0.5) is 0 Å². The fourth-order valence-electron chi connectivity index (χ4n) is 2.33. The topological polar surface area (TPSA) is 52.3 Å². The smallest absolute Gasteiger partial charge is 0.184 e. The number of nitrogens with two attached hydrogens (primary N) is 1. The van der Waals surface area contributed by atoms with Crippen molar-refractivity contribution in [2.45, 2.75) is 12.5 Å². The molecule has 3 heteroatoms. The van der Waals surface area contributed by atoms with E-state index >= 15 is 0 Å². The molecule has 1 unspecified atom stereocenters. The number of rotatable bonds is 3. The Labute approximate surface area is 112 Å². The number of ether oxygens (including phenoxy) is 1. The summed E-state index contributed by atoms with van der Waals surface area (Å²) in [4.78, 5) is 12.4. The van der Waals surface area contributed by atoms with Gasteiger partial charge in [-0.2, -0.15) is 0 Å². The van der Waals surface area contributed by atoms with Crippen molar-refractivity contribution < 1.29 is 9.53 Å². The van der Waals surface area contributed by atoms with Gasteiger partial charge in [-0.1, -0.05) is 30.3 Å². The van der Waals surface area contributed by atoms with Crippen LogP contribution in [0.15, 0.2) is 48.5 Å². The summed E-state index contributed by atoms with van der Waals surface area (Å²) in [6.07, 6.45) is 0.858. The highest BCUT2D eigenvalue weighted by molar-refractivity contribution is 6.00. The van der Waals surface area contributed by atoms with Gasteiger partial charge in [0.1, 0.15) is 5.75 Å². The van der Waals surface area contributed by atoms with Crippen LogP contribution < -0.4 is 10.5 Å². The van der Waals surface area contributed by atoms with Gasteiger partial charge in [0.15, 0.2) is 5.78 Å². The van der Waals surface area contributed by atoms with E-state index in [4.69, 9.17) is 10.5 Å². The minimum Gasteiger partial charge on any atom is -0.493 e. The third-order valence-corrected chi connectivity index (χ3v) is 3.42. The van der Waals surface area contributed by atoms with Crippen molar-refractivity contribution in [3.05, 3.63) is 65.2 Å². The standard InChI is InChI=1S/C16H15NO2/c17-15(11-4-2-1-3-5-11)16(18)13-6-7-14-12(10-13)8-9-19-14/h1-7,10,15H,8-9,17H2. The van der Waals surface area contributed by atoms with Crippen LogP contribution in [0.5, 0.6) is 5.75 Å². The molecule has 19 heavy (non-hydrogen) atoms. The minimum absolute atomic E-state index is 0.0547. The van der Waals surface area contributed by atoms with Gasteiger partial charge in [0.05, 0.1) is 12.6 Å². The SMILES string of the molecule is NC(C(=O)c1ccc2c(c1)CCO2)c1ccccc1. The van der Waals surface area contributed by atoms with Crippen LogP contribution in [-0.2, 0) is 6.42 Å². The van der Waals surface area contributed by atoms with E-state index in [1.54, 1.807) is 6.07 Å². The number of carbonyl (C=O) groups is 1. The van der Waals surface area contributed by atoms with E-state index in [0.717, 1.165) is 23.3 Å². The molecule has 0 aromatic heterocycles. The average molecular weight is 253 g/mol. The quantitative estimate of drug-likeness (QED) is 0.855. The predicted octanol–water partition coefficient (Wildman–Crippen LogP) is 2.50. The molecule has 0 saturated carbocycles. The second-order valence-corrected chi connectivity index (χ2v) is 4.67. The molecule has 3 rings (SSSR count). The first-order chi connectivity index (χ1) is 9.25. The Kier molecular flexibility index (Phi) is 3.05. The third kappa shape index (κ3) is 2.25. The number of benzene rings is 2. The molecule has 1 aliphatic heterocycles.